The highest BCUT2D eigenvalue weighted by molar-refractivity contribution is 6.23. The van der Waals surface area contributed by atoms with Gasteiger partial charge in [0.15, 0.2) is 0 Å². The van der Waals surface area contributed by atoms with E-state index in [1.807, 2.05) is 60.7 Å². The number of fused-ring (bicyclic) bond motifs is 1. The fourth-order valence-corrected chi connectivity index (χ4v) is 4.02. The van der Waals surface area contributed by atoms with Crippen LogP contribution in [-0.4, -0.2) is 43.4 Å². The van der Waals surface area contributed by atoms with Crippen LogP contribution in [0.4, 0.5) is 5.95 Å². The van der Waals surface area contributed by atoms with Gasteiger partial charge in [-0.25, -0.2) is 9.67 Å². The minimum absolute atomic E-state index is 0.107. The smallest absolute Gasteiger partial charge is 0.262 e. The molecule has 0 fully saturated rings. The molecular formula is C26H21N5O3. The highest BCUT2D eigenvalue weighted by Crippen LogP contribution is 2.26. The standard InChI is InChI=1S/C26H21N5O3/c32-23(28-26-27-17-30(29-26)16-19-11-5-2-6-12-19)22(15-18-9-3-1-4-10-18)31-24(33)20-13-7-8-14-21(20)25(31)34/h1-14,17,22H,15-16H2,(H,28,29,32). The number of nitrogens with zero attached hydrogens (tertiary/aromatic N) is 4. The van der Waals surface area contributed by atoms with Crippen LogP contribution in [-0.2, 0) is 17.8 Å². The van der Waals surface area contributed by atoms with Crippen molar-refractivity contribution in [2.75, 3.05) is 5.32 Å². The summed E-state index contributed by atoms with van der Waals surface area (Å²) in [7, 11) is 0. The molecule has 34 heavy (non-hydrogen) atoms. The van der Waals surface area contributed by atoms with Gasteiger partial charge in [-0.3, -0.25) is 24.6 Å². The second-order valence-electron chi connectivity index (χ2n) is 7.97. The van der Waals surface area contributed by atoms with Crippen molar-refractivity contribution in [3.63, 3.8) is 0 Å². The molecule has 0 saturated carbocycles. The van der Waals surface area contributed by atoms with Gasteiger partial charge >= 0.3 is 0 Å². The molecule has 5 rings (SSSR count). The molecule has 3 amide bonds. The number of imide groups is 1. The molecule has 3 aromatic carbocycles. The molecule has 1 unspecified atom stereocenters. The maximum Gasteiger partial charge on any atom is 0.262 e. The fourth-order valence-electron chi connectivity index (χ4n) is 4.02. The molecule has 1 atom stereocenters. The summed E-state index contributed by atoms with van der Waals surface area (Å²) >= 11 is 0. The highest BCUT2D eigenvalue weighted by atomic mass is 16.2. The second kappa shape index (κ2) is 9.11. The molecular weight excluding hydrogens is 430 g/mol. The van der Waals surface area contributed by atoms with E-state index in [4.69, 9.17) is 0 Å². The normalized spacial score (nSPS) is 13.6. The van der Waals surface area contributed by atoms with Gasteiger partial charge in [-0.15, -0.1) is 5.10 Å². The van der Waals surface area contributed by atoms with E-state index in [0.29, 0.717) is 17.7 Å². The third kappa shape index (κ3) is 4.21. The molecule has 0 radical (unpaired) electrons. The number of benzene rings is 3. The van der Waals surface area contributed by atoms with Crippen LogP contribution < -0.4 is 5.32 Å². The number of nitrogens with one attached hydrogen (secondary N) is 1. The van der Waals surface area contributed by atoms with Crippen LogP contribution in [0.25, 0.3) is 0 Å². The number of anilines is 1. The molecule has 4 aromatic rings. The van der Waals surface area contributed by atoms with E-state index in [0.717, 1.165) is 16.0 Å². The first kappa shape index (κ1) is 21.3. The van der Waals surface area contributed by atoms with E-state index >= 15 is 0 Å². The molecule has 8 heteroatoms. The molecule has 1 aliphatic heterocycles. The van der Waals surface area contributed by atoms with Crippen LogP contribution in [0.15, 0.2) is 91.3 Å². The molecule has 0 spiro atoms. The van der Waals surface area contributed by atoms with E-state index in [1.165, 1.54) is 6.33 Å². The number of hydrogen-bond donors (Lipinski definition) is 1. The van der Waals surface area contributed by atoms with Gasteiger partial charge in [-0.1, -0.05) is 72.8 Å². The van der Waals surface area contributed by atoms with Crippen LogP contribution in [0.2, 0.25) is 0 Å². The quantitative estimate of drug-likeness (QED) is 0.436. The van der Waals surface area contributed by atoms with E-state index in [1.54, 1.807) is 28.9 Å². The average Bonchev–Trinajstić information content (AvgIpc) is 3.40. The number of aromatic nitrogens is 3. The Labute approximate surface area is 195 Å². The van der Waals surface area contributed by atoms with Crippen LogP contribution in [0, 0.1) is 0 Å². The average molecular weight is 451 g/mol. The summed E-state index contributed by atoms with van der Waals surface area (Å²) in [6, 6.07) is 24.5. The third-order valence-electron chi connectivity index (χ3n) is 5.67. The third-order valence-corrected chi connectivity index (χ3v) is 5.67. The Balaban J connectivity index is 1.39. The number of amides is 3. The van der Waals surface area contributed by atoms with Gasteiger partial charge < -0.3 is 0 Å². The van der Waals surface area contributed by atoms with Crippen molar-refractivity contribution in [1.29, 1.82) is 0 Å². The van der Waals surface area contributed by atoms with Crippen molar-refractivity contribution < 1.29 is 14.4 Å². The number of rotatable bonds is 7. The first-order chi connectivity index (χ1) is 16.6. The minimum atomic E-state index is -1.06. The lowest BCUT2D eigenvalue weighted by Gasteiger charge is -2.25. The zero-order valence-electron chi connectivity index (χ0n) is 18.2. The lowest BCUT2D eigenvalue weighted by Crippen LogP contribution is -2.48. The van der Waals surface area contributed by atoms with Crippen molar-refractivity contribution in [2.24, 2.45) is 0 Å². The topological polar surface area (TPSA) is 97.2 Å². The van der Waals surface area contributed by atoms with E-state index < -0.39 is 23.8 Å². The Kier molecular flexibility index (Phi) is 5.70. The summed E-state index contributed by atoms with van der Waals surface area (Å²) < 4.78 is 1.61. The van der Waals surface area contributed by atoms with Crippen LogP contribution in [0.5, 0.6) is 0 Å². The first-order valence-corrected chi connectivity index (χ1v) is 10.9. The second-order valence-corrected chi connectivity index (χ2v) is 7.97. The Morgan fingerprint density at radius 1 is 0.794 bits per heavy atom. The number of carbonyl (C=O) groups excluding carboxylic acids is 3. The monoisotopic (exact) mass is 451 g/mol. The summed E-state index contributed by atoms with van der Waals surface area (Å²) in [6.45, 7) is 0.496. The summed E-state index contributed by atoms with van der Waals surface area (Å²) in [5.74, 6) is -1.40. The predicted octanol–water partition coefficient (Wildman–Crippen LogP) is 3.17. The zero-order valence-corrected chi connectivity index (χ0v) is 18.2. The zero-order chi connectivity index (χ0) is 23.5. The molecule has 1 N–H and O–H groups in total. The SMILES string of the molecule is O=C(Nc1ncn(Cc2ccccc2)n1)C(Cc1ccccc1)N1C(=O)c2ccccc2C1=O. The molecule has 0 saturated heterocycles. The molecule has 8 nitrogen and oxygen atoms in total. The largest absolute Gasteiger partial charge is 0.291 e. The lowest BCUT2D eigenvalue weighted by molar-refractivity contribution is -0.120. The van der Waals surface area contributed by atoms with Gasteiger partial charge in [0.1, 0.15) is 12.4 Å². The molecule has 1 aliphatic rings. The molecule has 0 bridgehead atoms. The van der Waals surface area contributed by atoms with Gasteiger partial charge in [0, 0.05) is 6.42 Å². The molecule has 0 aliphatic carbocycles. The summed E-state index contributed by atoms with van der Waals surface area (Å²) in [5.41, 5.74) is 2.45. The maximum atomic E-state index is 13.4. The van der Waals surface area contributed by atoms with Crippen molar-refractivity contribution in [2.45, 2.75) is 19.0 Å². The van der Waals surface area contributed by atoms with Crippen LogP contribution in [0.1, 0.15) is 31.8 Å². The van der Waals surface area contributed by atoms with Gasteiger partial charge in [0.05, 0.1) is 17.7 Å². The Morgan fingerprint density at radius 3 is 1.97 bits per heavy atom. The number of hydrogen-bond acceptors (Lipinski definition) is 5. The predicted molar refractivity (Wildman–Crippen MR) is 125 cm³/mol. The van der Waals surface area contributed by atoms with Gasteiger partial charge in [0.25, 0.3) is 11.8 Å². The molecule has 1 aromatic heterocycles. The Bertz CT molecular complexity index is 1320. The van der Waals surface area contributed by atoms with E-state index in [-0.39, 0.29) is 12.4 Å². The number of carbonyl (C=O) groups is 3. The summed E-state index contributed by atoms with van der Waals surface area (Å²) in [5, 5.41) is 7.01. The Morgan fingerprint density at radius 2 is 1.35 bits per heavy atom. The maximum absolute atomic E-state index is 13.4. The summed E-state index contributed by atoms with van der Waals surface area (Å²) in [4.78, 5) is 44.8. The van der Waals surface area contributed by atoms with Gasteiger partial charge in [-0.2, -0.15) is 0 Å². The van der Waals surface area contributed by atoms with Gasteiger partial charge in [0.2, 0.25) is 11.9 Å². The fraction of sp³-hybridized carbons (Fsp3) is 0.115. The lowest BCUT2D eigenvalue weighted by atomic mass is 10.0. The van der Waals surface area contributed by atoms with Crippen molar-refractivity contribution in [3.8, 4) is 0 Å². The van der Waals surface area contributed by atoms with Crippen molar-refractivity contribution in [3.05, 3.63) is 114 Å². The first-order valence-electron chi connectivity index (χ1n) is 10.9. The van der Waals surface area contributed by atoms with Crippen LogP contribution in [0.3, 0.4) is 0 Å². The van der Waals surface area contributed by atoms with Crippen molar-refractivity contribution >= 4 is 23.7 Å². The van der Waals surface area contributed by atoms with E-state index in [9.17, 15) is 14.4 Å². The Hall–Kier alpha value is -4.59. The highest BCUT2D eigenvalue weighted by Gasteiger charge is 2.42. The molecule has 168 valence electrons. The summed E-state index contributed by atoms with van der Waals surface area (Å²) in [6.07, 6.45) is 1.69. The van der Waals surface area contributed by atoms with E-state index in [2.05, 4.69) is 15.4 Å². The molecule has 2 heterocycles. The van der Waals surface area contributed by atoms with Crippen molar-refractivity contribution in [1.82, 2.24) is 19.7 Å². The van der Waals surface area contributed by atoms with Gasteiger partial charge in [-0.05, 0) is 23.3 Å². The van der Waals surface area contributed by atoms with Crippen LogP contribution >= 0.6 is 0 Å². The minimum Gasteiger partial charge on any atom is -0.291 e.